The molecule has 272 valence electrons. The minimum Gasteiger partial charge on any atom is -0.354 e. The average molecular weight is 735 g/mol. The van der Waals surface area contributed by atoms with Crippen molar-refractivity contribution >= 4 is 54.6 Å². The first-order valence-corrected chi connectivity index (χ1v) is 19.4. The van der Waals surface area contributed by atoms with Crippen molar-refractivity contribution in [3.8, 4) is 45.1 Å². The zero-order valence-corrected chi connectivity index (χ0v) is 31.9. The summed E-state index contributed by atoms with van der Waals surface area (Å²) < 4.78 is 4.62. The van der Waals surface area contributed by atoms with Gasteiger partial charge in [0.2, 0.25) is 0 Å². The van der Waals surface area contributed by atoms with Crippen molar-refractivity contribution in [2.24, 2.45) is 0 Å². The van der Waals surface area contributed by atoms with Crippen molar-refractivity contribution in [1.29, 1.82) is 0 Å². The Balaban J connectivity index is 1.17. The molecule has 1 N–H and O–H groups in total. The second-order valence-electron chi connectivity index (χ2n) is 15.9. The van der Waals surface area contributed by atoms with Gasteiger partial charge in [-0.1, -0.05) is 99.6 Å². The van der Waals surface area contributed by atoms with Crippen LogP contribution >= 0.6 is 0 Å². The van der Waals surface area contributed by atoms with E-state index in [9.17, 15) is 0 Å². The summed E-state index contributed by atoms with van der Waals surface area (Å²) in [4.78, 5) is 18.5. The Kier molecular flexibility index (Phi) is 7.32. The number of para-hydroxylation sites is 4. The van der Waals surface area contributed by atoms with Gasteiger partial charge in [-0.2, -0.15) is 0 Å². The highest BCUT2D eigenvalue weighted by molar-refractivity contribution is 6.13. The molecule has 0 aliphatic carbocycles. The van der Waals surface area contributed by atoms with Crippen LogP contribution in [0.3, 0.4) is 0 Å². The second-order valence-corrected chi connectivity index (χ2v) is 15.9. The summed E-state index contributed by atoms with van der Waals surface area (Å²) in [5.74, 6) is 1.76. The highest BCUT2D eigenvalue weighted by Crippen LogP contribution is 2.41. The number of benzene rings is 6. The van der Waals surface area contributed by atoms with Gasteiger partial charge in [0.15, 0.2) is 0 Å². The molecule has 0 aliphatic rings. The quantitative estimate of drug-likeness (QED) is 0.191. The number of fused-ring (bicyclic) bond motifs is 7. The van der Waals surface area contributed by atoms with Crippen LogP contribution in [0, 0.1) is 0 Å². The number of imidazole rings is 1. The minimum atomic E-state index is 0.00415. The number of H-pyrrole nitrogens is 1. The van der Waals surface area contributed by atoms with E-state index in [4.69, 9.17) is 9.97 Å². The van der Waals surface area contributed by atoms with Gasteiger partial charge in [-0.3, -0.25) is 14.1 Å². The number of pyridine rings is 2. The smallest absolute Gasteiger partial charge is 0.147 e. The van der Waals surface area contributed by atoms with Gasteiger partial charge in [-0.15, -0.1) is 0 Å². The summed E-state index contributed by atoms with van der Waals surface area (Å²) in [6, 6.07) is 54.2. The van der Waals surface area contributed by atoms with Crippen LogP contribution in [-0.2, 0) is 5.41 Å². The number of hydrogen-bond acceptors (Lipinski definition) is 3. The van der Waals surface area contributed by atoms with E-state index in [0.717, 1.165) is 78.2 Å². The summed E-state index contributed by atoms with van der Waals surface area (Å²) in [5.41, 5.74) is 14.2. The van der Waals surface area contributed by atoms with E-state index >= 15 is 0 Å². The Hall–Kier alpha value is -7.31. The van der Waals surface area contributed by atoms with Crippen molar-refractivity contribution in [1.82, 2.24) is 29.1 Å². The normalized spacial score (nSPS) is 12.1. The number of hydrogen-bond donors (Lipinski definition) is 1. The molecule has 0 saturated carbocycles. The Morgan fingerprint density at radius 1 is 0.509 bits per heavy atom. The van der Waals surface area contributed by atoms with Gasteiger partial charge in [0.25, 0.3) is 0 Å². The average Bonchev–Trinajstić information content (AvgIpc) is 3.93. The van der Waals surface area contributed by atoms with Crippen molar-refractivity contribution in [3.05, 3.63) is 176 Å². The number of nitrogens with one attached hydrogen (secondary N) is 1. The van der Waals surface area contributed by atoms with Crippen molar-refractivity contribution in [2.75, 3.05) is 0 Å². The summed E-state index contributed by atoms with van der Waals surface area (Å²) in [6.45, 7) is 6.81. The number of rotatable bonds is 5. The molecule has 0 bridgehead atoms. The Morgan fingerprint density at radius 2 is 1.28 bits per heavy atom. The largest absolute Gasteiger partial charge is 0.354 e. The van der Waals surface area contributed by atoms with Crippen LogP contribution in [0.25, 0.3) is 99.8 Å². The van der Waals surface area contributed by atoms with E-state index in [2.05, 4.69) is 179 Å². The van der Waals surface area contributed by atoms with Crippen molar-refractivity contribution in [3.63, 3.8) is 0 Å². The van der Waals surface area contributed by atoms with Gasteiger partial charge in [0, 0.05) is 62.5 Å². The van der Waals surface area contributed by atoms with Gasteiger partial charge in [0.1, 0.15) is 11.6 Å². The molecule has 0 atom stereocenters. The van der Waals surface area contributed by atoms with E-state index in [1.54, 1.807) is 0 Å². The van der Waals surface area contributed by atoms with Crippen LogP contribution in [0.5, 0.6) is 0 Å². The maximum atomic E-state index is 5.56. The van der Waals surface area contributed by atoms with E-state index in [-0.39, 0.29) is 5.41 Å². The third-order valence-corrected chi connectivity index (χ3v) is 11.4. The zero-order chi connectivity index (χ0) is 38.3. The van der Waals surface area contributed by atoms with Crippen LogP contribution in [0.2, 0.25) is 0 Å². The zero-order valence-electron chi connectivity index (χ0n) is 31.9. The molecule has 11 aromatic rings. The molecule has 0 unspecified atom stereocenters. The maximum Gasteiger partial charge on any atom is 0.147 e. The van der Waals surface area contributed by atoms with Crippen LogP contribution in [0.1, 0.15) is 26.3 Å². The molecule has 0 fully saturated rings. The predicted octanol–water partition coefficient (Wildman–Crippen LogP) is 12.8. The first-order valence-electron chi connectivity index (χ1n) is 19.4. The molecule has 5 heterocycles. The lowest BCUT2D eigenvalue weighted by Gasteiger charge is -2.19. The van der Waals surface area contributed by atoms with Crippen molar-refractivity contribution < 1.29 is 0 Å². The molecule has 11 rings (SSSR count). The summed E-state index contributed by atoms with van der Waals surface area (Å²) in [6.07, 6.45) is 5.58. The molecule has 0 saturated heterocycles. The lowest BCUT2D eigenvalue weighted by atomic mass is 9.86. The van der Waals surface area contributed by atoms with Crippen molar-refractivity contribution in [2.45, 2.75) is 26.2 Å². The monoisotopic (exact) mass is 734 g/mol. The third-order valence-electron chi connectivity index (χ3n) is 11.4. The third kappa shape index (κ3) is 5.29. The molecule has 57 heavy (non-hydrogen) atoms. The van der Waals surface area contributed by atoms with Crippen LogP contribution in [-0.4, -0.2) is 29.1 Å². The molecule has 0 radical (unpaired) electrons. The van der Waals surface area contributed by atoms with Crippen LogP contribution in [0.4, 0.5) is 0 Å². The molecular weight excluding hydrogens is 697 g/mol. The van der Waals surface area contributed by atoms with E-state index in [1.165, 1.54) is 27.1 Å². The topological polar surface area (TPSA) is 64.3 Å². The first kappa shape index (κ1) is 33.1. The van der Waals surface area contributed by atoms with Crippen LogP contribution < -0.4 is 0 Å². The van der Waals surface area contributed by atoms with Crippen LogP contribution in [0.15, 0.2) is 170 Å². The molecule has 0 aliphatic heterocycles. The molecule has 6 nitrogen and oxygen atoms in total. The second kappa shape index (κ2) is 12.6. The van der Waals surface area contributed by atoms with Gasteiger partial charge < -0.3 is 4.98 Å². The number of aromatic nitrogens is 6. The van der Waals surface area contributed by atoms with E-state index < -0.39 is 0 Å². The Labute approximate surface area is 329 Å². The lowest BCUT2D eigenvalue weighted by molar-refractivity contribution is 0.591. The molecule has 5 aromatic heterocycles. The fourth-order valence-corrected chi connectivity index (χ4v) is 8.58. The summed E-state index contributed by atoms with van der Waals surface area (Å²) in [5, 5.41) is 4.78. The number of nitrogens with zero attached hydrogens (tertiary/aromatic N) is 5. The Bertz CT molecular complexity index is 3330. The SMILES string of the molecule is CC(C)(C)c1ccc2c(c1)c1ccc(-c3cccc4c3nc(-c3cccc5c3[nH]c3ccccc35)n4-c3ccccc3)cc1n2-c1cc(-c2ccncc2)ccn1. The van der Waals surface area contributed by atoms with Gasteiger partial charge in [-0.25, -0.2) is 9.97 Å². The number of aromatic amines is 1. The van der Waals surface area contributed by atoms with Gasteiger partial charge in [0.05, 0.1) is 27.6 Å². The lowest BCUT2D eigenvalue weighted by Crippen LogP contribution is -2.10. The summed E-state index contributed by atoms with van der Waals surface area (Å²) >= 11 is 0. The highest BCUT2D eigenvalue weighted by atomic mass is 15.1. The fraction of sp³-hybridized carbons (Fsp3) is 0.0784. The van der Waals surface area contributed by atoms with Gasteiger partial charge in [-0.05, 0) is 100 Å². The molecule has 6 heteroatoms. The molecule has 0 spiro atoms. The molecule has 6 aromatic carbocycles. The first-order chi connectivity index (χ1) is 27.9. The highest BCUT2D eigenvalue weighted by Gasteiger charge is 2.23. The maximum absolute atomic E-state index is 5.56. The van der Waals surface area contributed by atoms with E-state index in [0.29, 0.717) is 0 Å². The standard InChI is InChI=1S/C51H38N6/c1-51(2,3)35-20-22-44-42(31-35)39-21-19-34(29-46(39)57(44)47-30-33(25-28-53-47)32-23-26-52-27-24-32)37-14-10-18-45-49(37)55-50(56(45)36-11-5-4-6-12-36)41-16-9-15-40-38-13-7-8-17-43(38)54-48(40)41/h4-31,54H,1-3H3. The molecular formula is C51H38N6. The molecule has 0 amide bonds. The Morgan fingerprint density at radius 3 is 2.14 bits per heavy atom. The summed E-state index contributed by atoms with van der Waals surface area (Å²) in [7, 11) is 0. The fourth-order valence-electron chi connectivity index (χ4n) is 8.58. The van der Waals surface area contributed by atoms with E-state index in [1.807, 2.05) is 30.7 Å². The van der Waals surface area contributed by atoms with Gasteiger partial charge >= 0.3 is 0 Å². The minimum absolute atomic E-state index is 0.00415. The predicted molar refractivity (Wildman–Crippen MR) is 235 cm³/mol.